The van der Waals surface area contributed by atoms with Crippen molar-refractivity contribution in [3.05, 3.63) is 24.3 Å². The number of rotatable bonds is 5. The number of carbonyl (C=O) groups is 1. The van der Waals surface area contributed by atoms with E-state index in [0.29, 0.717) is 5.75 Å². The van der Waals surface area contributed by atoms with E-state index in [1.54, 1.807) is 12.1 Å². The van der Waals surface area contributed by atoms with E-state index in [1.807, 2.05) is 12.1 Å². The van der Waals surface area contributed by atoms with Gasteiger partial charge in [0.25, 0.3) is 0 Å². The normalized spacial score (nSPS) is 22.3. The van der Waals surface area contributed by atoms with Gasteiger partial charge in [-0.15, -0.1) is 0 Å². The van der Waals surface area contributed by atoms with Gasteiger partial charge in [0.15, 0.2) is 0 Å². The van der Waals surface area contributed by atoms with Crippen molar-refractivity contribution in [3.63, 3.8) is 0 Å². The molecule has 4 nitrogen and oxygen atoms in total. The molecule has 0 heterocycles. The Morgan fingerprint density at radius 2 is 1.90 bits per heavy atom. The van der Waals surface area contributed by atoms with Crippen LogP contribution in [-0.4, -0.2) is 24.2 Å². The fourth-order valence-electron chi connectivity index (χ4n) is 2.56. The molecule has 0 spiro atoms. The number of hydrogen-bond acceptors (Lipinski definition) is 3. The van der Waals surface area contributed by atoms with Gasteiger partial charge in [0.1, 0.15) is 12.4 Å². The standard InChI is InChI=1S/C16H23NO3/c1-12-2-4-13(5-3-12)16(19)17-14-6-8-15(9-7-14)20-11-10-18/h6-9,12-13,18H,2-5,10-11H2,1H3,(H,17,19). The number of ether oxygens (including phenoxy) is 1. The van der Waals surface area contributed by atoms with Crippen molar-refractivity contribution < 1.29 is 14.6 Å². The lowest BCUT2D eigenvalue weighted by Gasteiger charge is -2.25. The molecule has 1 fully saturated rings. The van der Waals surface area contributed by atoms with Crippen LogP contribution in [0.4, 0.5) is 5.69 Å². The lowest BCUT2D eigenvalue weighted by atomic mass is 9.82. The van der Waals surface area contributed by atoms with Gasteiger partial charge in [0.05, 0.1) is 6.61 Å². The predicted molar refractivity (Wildman–Crippen MR) is 78.8 cm³/mol. The number of aliphatic hydroxyl groups is 1. The van der Waals surface area contributed by atoms with Crippen LogP contribution in [0.2, 0.25) is 0 Å². The zero-order valence-electron chi connectivity index (χ0n) is 12.0. The lowest BCUT2D eigenvalue weighted by Crippen LogP contribution is -2.26. The summed E-state index contributed by atoms with van der Waals surface area (Å²) in [6, 6.07) is 7.26. The Balaban J connectivity index is 1.84. The summed E-state index contributed by atoms with van der Waals surface area (Å²) < 4.78 is 5.28. The Hall–Kier alpha value is -1.55. The molecule has 0 atom stereocenters. The van der Waals surface area contributed by atoms with E-state index in [-0.39, 0.29) is 25.0 Å². The summed E-state index contributed by atoms with van der Waals surface area (Å²) in [6.45, 7) is 2.53. The minimum absolute atomic E-state index is 0.00140. The van der Waals surface area contributed by atoms with E-state index in [9.17, 15) is 4.79 Å². The monoisotopic (exact) mass is 277 g/mol. The molecule has 1 aliphatic rings. The molecular formula is C16H23NO3. The van der Waals surface area contributed by atoms with E-state index in [4.69, 9.17) is 9.84 Å². The Labute approximate surface area is 120 Å². The maximum absolute atomic E-state index is 12.2. The molecular weight excluding hydrogens is 254 g/mol. The molecule has 2 N–H and O–H groups in total. The molecule has 110 valence electrons. The first-order valence-corrected chi connectivity index (χ1v) is 7.33. The number of aliphatic hydroxyl groups excluding tert-OH is 1. The molecule has 0 bridgehead atoms. The number of anilines is 1. The van der Waals surface area contributed by atoms with E-state index in [2.05, 4.69) is 12.2 Å². The first-order valence-electron chi connectivity index (χ1n) is 7.33. The van der Waals surface area contributed by atoms with Crippen molar-refractivity contribution in [3.8, 4) is 5.75 Å². The Kier molecular flexibility index (Phi) is 5.41. The topological polar surface area (TPSA) is 58.6 Å². The molecule has 4 heteroatoms. The first-order chi connectivity index (χ1) is 9.69. The second-order valence-corrected chi connectivity index (χ2v) is 5.54. The quantitative estimate of drug-likeness (QED) is 0.870. The average molecular weight is 277 g/mol. The third kappa shape index (κ3) is 4.23. The molecule has 1 aliphatic carbocycles. The highest BCUT2D eigenvalue weighted by Gasteiger charge is 2.24. The minimum atomic E-state index is -0.00140. The van der Waals surface area contributed by atoms with Gasteiger partial charge in [-0.25, -0.2) is 0 Å². The SMILES string of the molecule is CC1CCC(C(=O)Nc2ccc(OCCO)cc2)CC1. The molecule has 1 aromatic rings. The van der Waals surface area contributed by atoms with E-state index >= 15 is 0 Å². The molecule has 0 aliphatic heterocycles. The van der Waals surface area contributed by atoms with Crippen LogP contribution in [-0.2, 0) is 4.79 Å². The summed E-state index contributed by atoms with van der Waals surface area (Å²) in [5.41, 5.74) is 0.796. The minimum Gasteiger partial charge on any atom is -0.491 e. The zero-order chi connectivity index (χ0) is 14.4. The molecule has 0 radical (unpaired) electrons. The summed E-state index contributed by atoms with van der Waals surface area (Å²) in [7, 11) is 0. The van der Waals surface area contributed by atoms with Gasteiger partial charge >= 0.3 is 0 Å². The van der Waals surface area contributed by atoms with Crippen LogP contribution in [0, 0.1) is 11.8 Å². The van der Waals surface area contributed by atoms with E-state index in [1.165, 1.54) is 0 Å². The summed E-state index contributed by atoms with van der Waals surface area (Å²) >= 11 is 0. The number of hydrogen-bond donors (Lipinski definition) is 2. The van der Waals surface area contributed by atoms with E-state index < -0.39 is 0 Å². The first kappa shape index (κ1) is 14.9. The van der Waals surface area contributed by atoms with Crippen LogP contribution in [0.15, 0.2) is 24.3 Å². The maximum Gasteiger partial charge on any atom is 0.227 e. The average Bonchev–Trinajstić information content (AvgIpc) is 2.47. The largest absolute Gasteiger partial charge is 0.491 e. The number of nitrogens with one attached hydrogen (secondary N) is 1. The second kappa shape index (κ2) is 7.29. The number of carbonyl (C=O) groups excluding carboxylic acids is 1. The molecule has 1 saturated carbocycles. The summed E-state index contributed by atoms with van der Waals surface area (Å²) in [4.78, 5) is 12.2. The van der Waals surface area contributed by atoms with E-state index in [0.717, 1.165) is 37.3 Å². The third-order valence-corrected chi connectivity index (χ3v) is 3.87. The van der Waals surface area contributed by atoms with Crippen molar-refractivity contribution in [2.75, 3.05) is 18.5 Å². The maximum atomic E-state index is 12.2. The van der Waals surface area contributed by atoms with Crippen molar-refractivity contribution in [1.82, 2.24) is 0 Å². The number of amides is 1. The summed E-state index contributed by atoms with van der Waals surface area (Å²) in [6.07, 6.45) is 4.27. The fraction of sp³-hybridized carbons (Fsp3) is 0.562. The van der Waals surface area contributed by atoms with Gasteiger partial charge in [-0.05, 0) is 55.9 Å². The molecule has 1 aromatic carbocycles. The fourth-order valence-corrected chi connectivity index (χ4v) is 2.56. The van der Waals surface area contributed by atoms with Crippen LogP contribution in [0.1, 0.15) is 32.6 Å². The number of benzene rings is 1. The Morgan fingerprint density at radius 3 is 2.50 bits per heavy atom. The molecule has 2 rings (SSSR count). The molecule has 20 heavy (non-hydrogen) atoms. The van der Waals surface area contributed by atoms with Crippen molar-refractivity contribution in [2.45, 2.75) is 32.6 Å². The van der Waals surface area contributed by atoms with Crippen LogP contribution in [0.25, 0.3) is 0 Å². The summed E-state index contributed by atoms with van der Waals surface area (Å²) in [5.74, 6) is 1.72. The Morgan fingerprint density at radius 1 is 1.25 bits per heavy atom. The predicted octanol–water partition coefficient (Wildman–Crippen LogP) is 2.82. The van der Waals surface area contributed by atoms with Crippen molar-refractivity contribution in [1.29, 1.82) is 0 Å². The van der Waals surface area contributed by atoms with Crippen LogP contribution in [0.3, 0.4) is 0 Å². The molecule has 1 amide bonds. The van der Waals surface area contributed by atoms with Crippen LogP contribution >= 0.6 is 0 Å². The molecule has 0 saturated heterocycles. The van der Waals surface area contributed by atoms with Crippen molar-refractivity contribution in [2.24, 2.45) is 11.8 Å². The van der Waals surface area contributed by atoms with Crippen molar-refractivity contribution >= 4 is 11.6 Å². The smallest absolute Gasteiger partial charge is 0.227 e. The van der Waals surface area contributed by atoms with Gasteiger partial charge in [-0.2, -0.15) is 0 Å². The highest BCUT2D eigenvalue weighted by atomic mass is 16.5. The molecule has 0 aromatic heterocycles. The van der Waals surface area contributed by atoms with Crippen LogP contribution < -0.4 is 10.1 Å². The Bertz CT molecular complexity index is 422. The van der Waals surface area contributed by atoms with Gasteiger partial charge in [-0.3, -0.25) is 4.79 Å². The highest BCUT2D eigenvalue weighted by molar-refractivity contribution is 5.92. The zero-order valence-corrected chi connectivity index (χ0v) is 12.0. The van der Waals surface area contributed by atoms with Gasteiger partial charge in [0, 0.05) is 11.6 Å². The van der Waals surface area contributed by atoms with Gasteiger partial charge in [-0.1, -0.05) is 6.92 Å². The molecule has 0 unspecified atom stereocenters. The second-order valence-electron chi connectivity index (χ2n) is 5.54. The lowest BCUT2D eigenvalue weighted by molar-refractivity contribution is -0.121. The highest BCUT2D eigenvalue weighted by Crippen LogP contribution is 2.29. The van der Waals surface area contributed by atoms with Gasteiger partial charge < -0.3 is 15.2 Å². The third-order valence-electron chi connectivity index (χ3n) is 3.87. The van der Waals surface area contributed by atoms with Gasteiger partial charge in [0.2, 0.25) is 5.91 Å². The summed E-state index contributed by atoms with van der Waals surface area (Å²) in [5, 5.41) is 11.6. The van der Waals surface area contributed by atoms with Crippen LogP contribution in [0.5, 0.6) is 5.75 Å².